The van der Waals surface area contributed by atoms with Gasteiger partial charge in [0.05, 0.1) is 6.61 Å². The summed E-state index contributed by atoms with van der Waals surface area (Å²) >= 11 is 0. The third-order valence-corrected chi connectivity index (χ3v) is 3.47. The van der Waals surface area contributed by atoms with Crippen molar-refractivity contribution in [2.75, 3.05) is 12.4 Å². The number of amides is 2. The summed E-state index contributed by atoms with van der Waals surface area (Å²) in [6.07, 6.45) is -0.637. The molecule has 0 aliphatic rings. The van der Waals surface area contributed by atoms with E-state index in [1.807, 2.05) is 42.5 Å². The Balaban J connectivity index is 1.78. The number of carbonyl (C=O) groups is 2. The summed E-state index contributed by atoms with van der Waals surface area (Å²) < 4.78 is 10.1. The molecule has 0 saturated heterocycles. The van der Waals surface area contributed by atoms with E-state index in [0.29, 0.717) is 12.3 Å². The van der Waals surface area contributed by atoms with Gasteiger partial charge in [-0.1, -0.05) is 42.5 Å². The monoisotopic (exact) mass is 342 g/mol. The normalized spacial score (nSPS) is 11.4. The fourth-order valence-electron chi connectivity index (χ4n) is 2.11. The maximum Gasteiger partial charge on any atom is 0.408 e. The number of hydrogen-bond donors (Lipinski definition) is 2. The Bertz CT molecular complexity index is 686. The number of benzene rings is 2. The molecule has 6 heteroatoms. The van der Waals surface area contributed by atoms with E-state index in [1.165, 1.54) is 0 Å². The first-order chi connectivity index (χ1) is 12.1. The number of hydrogen-bond acceptors (Lipinski definition) is 4. The topological polar surface area (TPSA) is 76.7 Å². The van der Waals surface area contributed by atoms with E-state index < -0.39 is 12.1 Å². The largest absolute Gasteiger partial charge is 0.445 e. The van der Waals surface area contributed by atoms with Gasteiger partial charge in [0, 0.05) is 12.8 Å². The number of methoxy groups -OCH3 is 1. The van der Waals surface area contributed by atoms with Gasteiger partial charge in [-0.3, -0.25) is 4.79 Å². The highest BCUT2D eigenvalue weighted by atomic mass is 16.5. The average Bonchev–Trinajstić information content (AvgIpc) is 2.62. The summed E-state index contributed by atoms with van der Waals surface area (Å²) in [6.45, 7) is 2.26. The van der Waals surface area contributed by atoms with Gasteiger partial charge in [-0.15, -0.1) is 0 Å². The Labute approximate surface area is 147 Å². The summed E-state index contributed by atoms with van der Waals surface area (Å²) in [6, 6.07) is 15.9. The van der Waals surface area contributed by atoms with Crippen LogP contribution in [0.1, 0.15) is 18.1 Å². The van der Waals surface area contributed by atoms with Crippen LogP contribution >= 0.6 is 0 Å². The zero-order valence-electron chi connectivity index (χ0n) is 14.3. The summed E-state index contributed by atoms with van der Waals surface area (Å²) in [5.41, 5.74) is 2.54. The van der Waals surface area contributed by atoms with Crippen molar-refractivity contribution >= 4 is 17.7 Å². The van der Waals surface area contributed by atoms with Crippen LogP contribution in [0.25, 0.3) is 0 Å². The highest BCUT2D eigenvalue weighted by Crippen LogP contribution is 2.10. The van der Waals surface area contributed by atoms with Crippen LogP contribution in [0, 0.1) is 0 Å². The van der Waals surface area contributed by atoms with Crippen molar-refractivity contribution in [2.45, 2.75) is 26.2 Å². The maximum atomic E-state index is 12.1. The molecule has 2 rings (SSSR count). The van der Waals surface area contributed by atoms with Crippen molar-refractivity contribution in [3.8, 4) is 0 Å². The molecule has 0 spiro atoms. The summed E-state index contributed by atoms with van der Waals surface area (Å²) in [5.74, 6) is -0.323. The summed E-state index contributed by atoms with van der Waals surface area (Å²) in [4.78, 5) is 23.9. The first-order valence-corrected chi connectivity index (χ1v) is 7.94. The van der Waals surface area contributed by atoms with Gasteiger partial charge in [0.2, 0.25) is 5.91 Å². The molecule has 132 valence electrons. The van der Waals surface area contributed by atoms with Crippen molar-refractivity contribution < 1.29 is 19.1 Å². The van der Waals surface area contributed by atoms with Crippen molar-refractivity contribution in [1.29, 1.82) is 0 Å². The molecule has 2 aromatic rings. The number of ether oxygens (including phenoxy) is 2. The van der Waals surface area contributed by atoms with Gasteiger partial charge in [-0.25, -0.2) is 4.79 Å². The average molecular weight is 342 g/mol. The van der Waals surface area contributed by atoms with E-state index in [1.54, 1.807) is 26.2 Å². The lowest BCUT2D eigenvalue weighted by Crippen LogP contribution is -2.41. The molecule has 0 bridgehead atoms. The third kappa shape index (κ3) is 6.27. The first-order valence-electron chi connectivity index (χ1n) is 7.94. The van der Waals surface area contributed by atoms with Gasteiger partial charge in [0.25, 0.3) is 0 Å². The number of anilines is 1. The molecule has 0 fully saturated rings. The minimum absolute atomic E-state index is 0.155. The Morgan fingerprint density at radius 2 is 1.60 bits per heavy atom. The lowest BCUT2D eigenvalue weighted by molar-refractivity contribution is -0.117. The van der Waals surface area contributed by atoms with E-state index in [9.17, 15) is 9.59 Å². The smallest absolute Gasteiger partial charge is 0.408 e. The Kier molecular flexibility index (Phi) is 6.98. The van der Waals surface area contributed by atoms with Crippen LogP contribution in [0.4, 0.5) is 10.5 Å². The minimum Gasteiger partial charge on any atom is -0.445 e. The molecule has 0 unspecified atom stereocenters. The quantitative estimate of drug-likeness (QED) is 0.811. The highest BCUT2D eigenvalue weighted by Gasteiger charge is 2.16. The number of rotatable bonds is 7. The lowest BCUT2D eigenvalue weighted by atomic mass is 10.2. The van der Waals surface area contributed by atoms with Gasteiger partial charge in [-0.05, 0) is 30.2 Å². The Hall–Kier alpha value is -2.86. The van der Waals surface area contributed by atoms with Crippen LogP contribution in [-0.4, -0.2) is 25.2 Å². The SMILES string of the molecule is COCc1ccc(NC(=O)[C@H](C)NC(=O)OCc2ccccc2)cc1. The number of carbonyl (C=O) groups excluding carboxylic acids is 2. The van der Waals surface area contributed by atoms with Crippen LogP contribution in [0.5, 0.6) is 0 Å². The van der Waals surface area contributed by atoms with Gasteiger partial charge < -0.3 is 20.1 Å². The van der Waals surface area contributed by atoms with Gasteiger partial charge in [-0.2, -0.15) is 0 Å². The molecule has 2 N–H and O–H groups in total. The molecule has 1 atom stereocenters. The zero-order valence-corrected chi connectivity index (χ0v) is 14.3. The molecule has 2 aromatic carbocycles. The number of nitrogens with one attached hydrogen (secondary N) is 2. The second kappa shape index (κ2) is 9.44. The molecule has 25 heavy (non-hydrogen) atoms. The summed E-state index contributed by atoms with van der Waals surface area (Å²) in [7, 11) is 1.62. The molecular weight excluding hydrogens is 320 g/mol. The number of alkyl carbamates (subject to hydrolysis) is 1. The molecule has 0 saturated carbocycles. The van der Waals surface area contributed by atoms with Crippen molar-refractivity contribution in [1.82, 2.24) is 5.32 Å². The molecule has 0 aliphatic heterocycles. The van der Waals surface area contributed by atoms with Crippen molar-refractivity contribution in [3.05, 3.63) is 65.7 Å². The van der Waals surface area contributed by atoms with Crippen molar-refractivity contribution in [2.24, 2.45) is 0 Å². The van der Waals surface area contributed by atoms with Crippen LogP contribution in [0.15, 0.2) is 54.6 Å². The summed E-state index contributed by atoms with van der Waals surface area (Å²) in [5, 5.41) is 5.25. The molecule has 0 aliphatic carbocycles. The molecule has 0 heterocycles. The van der Waals surface area contributed by atoms with Gasteiger partial charge >= 0.3 is 6.09 Å². The third-order valence-electron chi connectivity index (χ3n) is 3.47. The standard InChI is InChI=1S/C19H22N2O4/c1-14(20-19(23)25-13-15-6-4-3-5-7-15)18(22)21-17-10-8-16(9-11-17)12-24-2/h3-11,14H,12-13H2,1-2H3,(H,20,23)(H,21,22)/t14-/m0/s1. The minimum atomic E-state index is -0.720. The first kappa shape index (κ1) is 18.5. The van der Waals surface area contributed by atoms with Crippen LogP contribution in [0.2, 0.25) is 0 Å². The molecule has 6 nitrogen and oxygen atoms in total. The fourth-order valence-corrected chi connectivity index (χ4v) is 2.11. The van der Waals surface area contributed by atoms with E-state index in [0.717, 1.165) is 11.1 Å². The predicted octanol–water partition coefficient (Wildman–Crippen LogP) is 3.09. The van der Waals surface area contributed by atoms with E-state index in [2.05, 4.69) is 10.6 Å². The van der Waals surface area contributed by atoms with Crippen LogP contribution < -0.4 is 10.6 Å². The zero-order chi connectivity index (χ0) is 18.1. The second-order valence-corrected chi connectivity index (χ2v) is 5.55. The molecular formula is C19H22N2O4. The maximum absolute atomic E-state index is 12.1. The van der Waals surface area contributed by atoms with Crippen LogP contribution in [0.3, 0.4) is 0 Å². The Morgan fingerprint density at radius 1 is 0.960 bits per heavy atom. The van der Waals surface area contributed by atoms with E-state index in [4.69, 9.17) is 9.47 Å². The predicted molar refractivity (Wildman–Crippen MR) is 95.0 cm³/mol. The van der Waals surface area contributed by atoms with E-state index in [-0.39, 0.29) is 12.5 Å². The second-order valence-electron chi connectivity index (χ2n) is 5.55. The van der Waals surface area contributed by atoms with Crippen molar-refractivity contribution in [3.63, 3.8) is 0 Å². The van der Waals surface area contributed by atoms with Gasteiger partial charge in [0.1, 0.15) is 12.6 Å². The van der Waals surface area contributed by atoms with E-state index >= 15 is 0 Å². The highest BCUT2D eigenvalue weighted by molar-refractivity contribution is 5.96. The fraction of sp³-hybridized carbons (Fsp3) is 0.263. The molecule has 2 amide bonds. The molecule has 0 radical (unpaired) electrons. The lowest BCUT2D eigenvalue weighted by Gasteiger charge is -2.14. The molecule has 0 aromatic heterocycles. The van der Waals surface area contributed by atoms with Crippen LogP contribution in [-0.2, 0) is 27.5 Å². The van der Waals surface area contributed by atoms with Gasteiger partial charge in [0.15, 0.2) is 0 Å². The Morgan fingerprint density at radius 3 is 2.24 bits per heavy atom.